The fourth-order valence-corrected chi connectivity index (χ4v) is 2.67. The summed E-state index contributed by atoms with van der Waals surface area (Å²) < 4.78 is 6.48. The van der Waals surface area contributed by atoms with Crippen molar-refractivity contribution in [3.63, 3.8) is 0 Å². The van der Waals surface area contributed by atoms with Gasteiger partial charge in [-0.2, -0.15) is 0 Å². The molecule has 0 aliphatic carbocycles. The SMILES string of the molecule is CCOC(=O)c1cn2nc(-c3ccc(C)c(C)c3)[nH]c(=O)c2c1C. The second kappa shape index (κ2) is 5.96. The first kappa shape index (κ1) is 16.0. The number of carbonyl (C=O) groups excluding carboxylic acids is 1. The highest BCUT2D eigenvalue weighted by Gasteiger charge is 2.18. The number of benzene rings is 1. The number of nitrogens with one attached hydrogen (secondary N) is 1. The Balaban J connectivity index is 2.18. The maximum atomic E-state index is 12.5. The Labute approximate surface area is 139 Å². The van der Waals surface area contributed by atoms with Crippen molar-refractivity contribution >= 4 is 11.5 Å². The van der Waals surface area contributed by atoms with Crippen LogP contribution < -0.4 is 5.56 Å². The standard InChI is InChI=1S/C18H19N3O3/c1-5-24-18(23)14-9-21-15(12(14)4)17(22)19-16(20-21)13-7-6-10(2)11(3)8-13/h6-9H,5H2,1-4H3,(H,19,20,22). The summed E-state index contributed by atoms with van der Waals surface area (Å²) in [6.07, 6.45) is 1.54. The monoisotopic (exact) mass is 325 g/mol. The molecule has 0 unspecified atom stereocenters. The van der Waals surface area contributed by atoms with Crippen LogP contribution in [0.2, 0.25) is 0 Å². The van der Waals surface area contributed by atoms with E-state index in [-0.39, 0.29) is 12.2 Å². The Morgan fingerprint density at radius 2 is 2.00 bits per heavy atom. The molecule has 0 saturated carbocycles. The lowest BCUT2D eigenvalue weighted by Crippen LogP contribution is -2.14. The molecule has 0 amide bonds. The van der Waals surface area contributed by atoms with E-state index in [9.17, 15) is 9.59 Å². The summed E-state index contributed by atoms with van der Waals surface area (Å²) in [5, 5.41) is 4.45. The molecule has 6 heteroatoms. The molecule has 0 fully saturated rings. The van der Waals surface area contributed by atoms with E-state index in [1.54, 1.807) is 20.0 Å². The molecule has 6 nitrogen and oxygen atoms in total. The maximum Gasteiger partial charge on any atom is 0.340 e. The van der Waals surface area contributed by atoms with Crippen molar-refractivity contribution in [3.8, 4) is 11.4 Å². The molecular weight excluding hydrogens is 306 g/mol. The number of H-pyrrole nitrogens is 1. The molecular formula is C18H19N3O3. The van der Waals surface area contributed by atoms with Gasteiger partial charge in [0.1, 0.15) is 5.52 Å². The van der Waals surface area contributed by atoms with Gasteiger partial charge in [0.25, 0.3) is 5.56 Å². The van der Waals surface area contributed by atoms with E-state index in [2.05, 4.69) is 10.1 Å². The van der Waals surface area contributed by atoms with Gasteiger partial charge < -0.3 is 9.72 Å². The maximum absolute atomic E-state index is 12.5. The van der Waals surface area contributed by atoms with Gasteiger partial charge in [0.05, 0.1) is 12.2 Å². The number of aromatic nitrogens is 3. The van der Waals surface area contributed by atoms with Gasteiger partial charge in [-0.05, 0) is 50.5 Å². The largest absolute Gasteiger partial charge is 0.462 e. The fraction of sp³-hybridized carbons (Fsp3) is 0.278. The second-order valence-corrected chi connectivity index (χ2v) is 5.78. The number of carbonyl (C=O) groups is 1. The summed E-state index contributed by atoms with van der Waals surface area (Å²) in [7, 11) is 0. The first-order valence-electron chi connectivity index (χ1n) is 7.79. The number of aromatic amines is 1. The fourth-order valence-electron chi connectivity index (χ4n) is 2.67. The van der Waals surface area contributed by atoms with Gasteiger partial charge in [-0.25, -0.2) is 9.31 Å². The van der Waals surface area contributed by atoms with Crippen molar-refractivity contribution in [1.29, 1.82) is 0 Å². The van der Waals surface area contributed by atoms with Crippen LogP contribution in [-0.4, -0.2) is 27.2 Å². The molecule has 0 bridgehead atoms. The second-order valence-electron chi connectivity index (χ2n) is 5.78. The first-order valence-corrected chi connectivity index (χ1v) is 7.79. The summed E-state index contributed by atoms with van der Waals surface area (Å²) in [5.41, 5.74) is 4.09. The topological polar surface area (TPSA) is 76.5 Å². The molecule has 0 aliphatic heterocycles. The number of fused-ring (bicyclic) bond motifs is 1. The molecule has 24 heavy (non-hydrogen) atoms. The van der Waals surface area contributed by atoms with Gasteiger partial charge in [0.2, 0.25) is 0 Å². The van der Waals surface area contributed by atoms with Crippen LogP contribution >= 0.6 is 0 Å². The van der Waals surface area contributed by atoms with Crippen LogP contribution in [0.4, 0.5) is 0 Å². The van der Waals surface area contributed by atoms with Crippen LogP contribution in [0.25, 0.3) is 16.9 Å². The van der Waals surface area contributed by atoms with E-state index < -0.39 is 5.97 Å². The summed E-state index contributed by atoms with van der Waals surface area (Å²) in [5.74, 6) is 0.00800. The molecule has 2 heterocycles. The number of hydrogen-bond acceptors (Lipinski definition) is 4. The number of hydrogen-bond donors (Lipinski definition) is 1. The van der Waals surface area contributed by atoms with E-state index in [1.165, 1.54) is 10.1 Å². The summed E-state index contributed by atoms with van der Waals surface area (Å²) in [6, 6.07) is 5.87. The molecule has 1 aromatic carbocycles. The zero-order valence-electron chi connectivity index (χ0n) is 14.1. The van der Waals surface area contributed by atoms with E-state index in [4.69, 9.17) is 4.74 Å². The van der Waals surface area contributed by atoms with E-state index >= 15 is 0 Å². The van der Waals surface area contributed by atoms with Crippen LogP contribution in [-0.2, 0) is 4.74 Å². The van der Waals surface area contributed by atoms with Crippen molar-refractivity contribution in [2.75, 3.05) is 6.61 Å². The zero-order valence-corrected chi connectivity index (χ0v) is 14.1. The number of ether oxygens (including phenoxy) is 1. The van der Waals surface area contributed by atoms with Gasteiger partial charge in [0.15, 0.2) is 5.82 Å². The lowest BCUT2D eigenvalue weighted by Gasteiger charge is -2.05. The summed E-state index contributed by atoms with van der Waals surface area (Å²) in [6.45, 7) is 7.77. The molecule has 0 aliphatic rings. The zero-order chi connectivity index (χ0) is 17.4. The average Bonchev–Trinajstić information content (AvgIpc) is 2.87. The highest BCUT2D eigenvalue weighted by atomic mass is 16.5. The van der Waals surface area contributed by atoms with Crippen LogP contribution in [0.3, 0.4) is 0 Å². The Hall–Kier alpha value is -2.89. The minimum atomic E-state index is -0.451. The van der Waals surface area contributed by atoms with Crippen molar-refractivity contribution in [2.24, 2.45) is 0 Å². The van der Waals surface area contributed by atoms with E-state index in [1.807, 2.05) is 32.0 Å². The molecule has 0 spiro atoms. The molecule has 0 saturated heterocycles. The quantitative estimate of drug-likeness (QED) is 0.751. The predicted octanol–water partition coefficient (Wildman–Crippen LogP) is 2.79. The Bertz CT molecular complexity index is 999. The number of aryl methyl sites for hydroxylation is 3. The smallest absolute Gasteiger partial charge is 0.340 e. The molecule has 124 valence electrons. The van der Waals surface area contributed by atoms with Gasteiger partial charge in [-0.15, -0.1) is 5.10 Å². The van der Waals surface area contributed by atoms with Crippen LogP contribution in [0.1, 0.15) is 34.0 Å². The average molecular weight is 325 g/mol. The van der Waals surface area contributed by atoms with E-state index in [0.717, 1.165) is 11.1 Å². The summed E-state index contributed by atoms with van der Waals surface area (Å²) >= 11 is 0. The molecule has 0 atom stereocenters. The Morgan fingerprint density at radius 3 is 2.67 bits per heavy atom. The van der Waals surface area contributed by atoms with Crippen LogP contribution in [0, 0.1) is 20.8 Å². The minimum absolute atomic E-state index is 0.280. The molecule has 2 aromatic heterocycles. The third-order valence-electron chi connectivity index (χ3n) is 4.17. The summed E-state index contributed by atoms with van der Waals surface area (Å²) in [4.78, 5) is 27.3. The highest BCUT2D eigenvalue weighted by molar-refractivity contribution is 5.93. The predicted molar refractivity (Wildman–Crippen MR) is 91.4 cm³/mol. The molecule has 1 N–H and O–H groups in total. The third-order valence-corrected chi connectivity index (χ3v) is 4.17. The van der Waals surface area contributed by atoms with Gasteiger partial charge >= 0.3 is 5.97 Å². The van der Waals surface area contributed by atoms with Gasteiger partial charge in [0, 0.05) is 11.8 Å². The third kappa shape index (κ3) is 2.60. The Kier molecular flexibility index (Phi) is 3.97. The normalized spacial score (nSPS) is 11.0. The minimum Gasteiger partial charge on any atom is -0.462 e. The first-order chi connectivity index (χ1) is 11.4. The Morgan fingerprint density at radius 1 is 1.25 bits per heavy atom. The van der Waals surface area contributed by atoms with Gasteiger partial charge in [-0.1, -0.05) is 12.1 Å². The number of nitrogens with zero attached hydrogens (tertiary/aromatic N) is 2. The van der Waals surface area contributed by atoms with Crippen LogP contribution in [0.15, 0.2) is 29.2 Å². The lowest BCUT2D eigenvalue weighted by atomic mass is 10.1. The molecule has 3 rings (SSSR count). The lowest BCUT2D eigenvalue weighted by molar-refractivity contribution is 0.0525. The van der Waals surface area contributed by atoms with Crippen LogP contribution in [0.5, 0.6) is 0 Å². The number of rotatable bonds is 3. The van der Waals surface area contributed by atoms with Crippen molar-refractivity contribution in [2.45, 2.75) is 27.7 Å². The number of esters is 1. The molecule has 0 radical (unpaired) electrons. The van der Waals surface area contributed by atoms with Crippen molar-refractivity contribution in [3.05, 3.63) is 57.0 Å². The van der Waals surface area contributed by atoms with Crippen molar-refractivity contribution < 1.29 is 9.53 Å². The molecule has 3 aromatic rings. The van der Waals surface area contributed by atoms with Crippen molar-refractivity contribution in [1.82, 2.24) is 14.6 Å². The van der Waals surface area contributed by atoms with E-state index in [0.29, 0.717) is 22.5 Å². The highest BCUT2D eigenvalue weighted by Crippen LogP contribution is 2.20. The van der Waals surface area contributed by atoms with Gasteiger partial charge in [-0.3, -0.25) is 4.79 Å².